The normalized spacial score (nSPS) is 11.2. The van der Waals surface area contributed by atoms with E-state index in [1.54, 1.807) is 49.3 Å². The summed E-state index contributed by atoms with van der Waals surface area (Å²) in [6.07, 6.45) is 3.48. The minimum atomic E-state index is -0.459. The number of nitro groups is 2. The van der Waals surface area contributed by atoms with Crippen molar-refractivity contribution in [3.63, 3.8) is 0 Å². The molecule has 2 aromatic carbocycles. The number of benzene rings is 2. The monoisotopic (exact) mass is 370 g/mol. The number of aromatic nitrogens is 1. The third kappa shape index (κ3) is 3.52. The van der Waals surface area contributed by atoms with Crippen LogP contribution in [0.3, 0.4) is 0 Å². The van der Waals surface area contributed by atoms with Gasteiger partial charge in [-0.15, -0.1) is 11.3 Å². The smallest absolute Gasteiger partial charge is 0.293 e. The van der Waals surface area contributed by atoms with Gasteiger partial charge in [0.15, 0.2) is 0 Å². The van der Waals surface area contributed by atoms with E-state index >= 15 is 0 Å². The second-order valence-corrected chi connectivity index (χ2v) is 6.76. The summed E-state index contributed by atoms with van der Waals surface area (Å²) in [5.74, 6) is 0. The lowest BCUT2D eigenvalue weighted by Gasteiger charge is -2.12. The summed E-state index contributed by atoms with van der Waals surface area (Å²) in [4.78, 5) is 27.3. The van der Waals surface area contributed by atoms with Crippen LogP contribution < -0.4 is 4.90 Å². The number of hydrogen-bond donors (Lipinski definition) is 0. The molecular formula is C17H14N4O4S. The molecule has 0 aliphatic carbocycles. The lowest BCUT2D eigenvalue weighted by atomic mass is 10.1. The van der Waals surface area contributed by atoms with Crippen molar-refractivity contribution >= 4 is 50.8 Å². The third-order valence-corrected chi connectivity index (χ3v) is 4.70. The van der Waals surface area contributed by atoms with Gasteiger partial charge in [0.25, 0.3) is 11.4 Å². The summed E-state index contributed by atoms with van der Waals surface area (Å²) in [5, 5.41) is 22.7. The largest absolute Gasteiger partial charge is 0.372 e. The van der Waals surface area contributed by atoms with Crippen LogP contribution in [0.5, 0.6) is 0 Å². The van der Waals surface area contributed by atoms with Gasteiger partial charge in [0.1, 0.15) is 10.7 Å². The Kier molecular flexibility index (Phi) is 4.63. The average Bonchev–Trinajstić information content (AvgIpc) is 3.01. The summed E-state index contributed by atoms with van der Waals surface area (Å²) in [6, 6.07) is 9.52. The number of rotatable bonds is 5. The second kappa shape index (κ2) is 6.89. The van der Waals surface area contributed by atoms with Crippen LogP contribution in [0.1, 0.15) is 10.6 Å². The molecule has 132 valence electrons. The molecule has 1 aromatic heterocycles. The van der Waals surface area contributed by atoms with Crippen molar-refractivity contribution in [1.29, 1.82) is 0 Å². The van der Waals surface area contributed by atoms with Crippen LogP contribution in [0.2, 0.25) is 0 Å². The Morgan fingerprint density at radius 1 is 1.04 bits per heavy atom. The quantitative estimate of drug-likeness (QED) is 0.489. The van der Waals surface area contributed by atoms with Gasteiger partial charge in [-0.1, -0.05) is 12.1 Å². The van der Waals surface area contributed by atoms with E-state index in [0.29, 0.717) is 21.8 Å². The van der Waals surface area contributed by atoms with E-state index in [-0.39, 0.29) is 11.4 Å². The zero-order chi connectivity index (χ0) is 18.8. The van der Waals surface area contributed by atoms with Gasteiger partial charge in [0.2, 0.25) is 0 Å². The molecule has 0 aliphatic rings. The topological polar surface area (TPSA) is 102 Å². The van der Waals surface area contributed by atoms with E-state index in [2.05, 4.69) is 4.98 Å². The number of nitrogens with zero attached hydrogens (tertiary/aromatic N) is 4. The standard InChI is InChI=1S/C17H14N4O4S/c1-19(2)14-6-3-11(9-15(14)21(24)25)4-8-17-18-13-10-12(20(22)23)5-7-16(13)26-17/h3-10H,1-2H3/b8-4+. The van der Waals surface area contributed by atoms with Crippen LogP contribution in [-0.2, 0) is 0 Å². The molecular weight excluding hydrogens is 356 g/mol. The van der Waals surface area contributed by atoms with Gasteiger partial charge in [-0.25, -0.2) is 4.98 Å². The first kappa shape index (κ1) is 17.5. The van der Waals surface area contributed by atoms with Crippen LogP contribution in [-0.4, -0.2) is 28.9 Å². The molecule has 0 bridgehead atoms. The van der Waals surface area contributed by atoms with E-state index in [0.717, 1.165) is 4.70 Å². The number of nitro benzene ring substituents is 2. The Morgan fingerprint density at radius 3 is 2.46 bits per heavy atom. The van der Waals surface area contributed by atoms with Gasteiger partial charge >= 0.3 is 0 Å². The fourth-order valence-corrected chi connectivity index (χ4v) is 3.31. The number of thiazole rings is 1. The first-order valence-electron chi connectivity index (χ1n) is 7.54. The fraction of sp³-hybridized carbons (Fsp3) is 0.118. The molecule has 0 N–H and O–H groups in total. The first-order chi connectivity index (χ1) is 12.3. The third-order valence-electron chi connectivity index (χ3n) is 3.69. The molecule has 8 nitrogen and oxygen atoms in total. The zero-order valence-corrected chi connectivity index (χ0v) is 14.8. The van der Waals surface area contributed by atoms with E-state index in [1.165, 1.54) is 29.5 Å². The van der Waals surface area contributed by atoms with E-state index in [9.17, 15) is 20.2 Å². The minimum absolute atomic E-state index is 0.00627. The predicted octanol–water partition coefficient (Wildman–Crippen LogP) is 4.35. The summed E-state index contributed by atoms with van der Waals surface area (Å²) < 4.78 is 0.837. The number of non-ortho nitro benzene ring substituents is 1. The summed E-state index contributed by atoms with van der Waals surface area (Å²) >= 11 is 1.39. The fourth-order valence-electron chi connectivity index (χ4n) is 2.45. The second-order valence-electron chi connectivity index (χ2n) is 5.69. The van der Waals surface area contributed by atoms with Gasteiger partial charge in [-0.3, -0.25) is 20.2 Å². The average molecular weight is 370 g/mol. The molecule has 0 saturated carbocycles. The minimum Gasteiger partial charge on any atom is -0.372 e. The first-order valence-corrected chi connectivity index (χ1v) is 8.35. The van der Waals surface area contributed by atoms with Crippen LogP contribution >= 0.6 is 11.3 Å². The Hall–Kier alpha value is -3.33. The van der Waals surface area contributed by atoms with Crippen molar-refractivity contribution in [2.24, 2.45) is 0 Å². The van der Waals surface area contributed by atoms with E-state index < -0.39 is 9.85 Å². The highest BCUT2D eigenvalue weighted by molar-refractivity contribution is 7.19. The van der Waals surface area contributed by atoms with Gasteiger partial charge < -0.3 is 4.90 Å². The van der Waals surface area contributed by atoms with Crippen LogP contribution in [0.25, 0.3) is 22.4 Å². The molecule has 1 heterocycles. The van der Waals surface area contributed by atoms with Crippen molar-refractivity contribution in [3.05, 3.63) is 67.2 Å². The summed E-state index contributed by atoms with van der Waals surface area (Å²) in [7, 11) is 3.50. The van der Waals surface area contributed by atoms with E-state index in [1.807, 2.05) is 0 Å². The maximum Gasteiger partial charge on any atom is 0.293 e. The molecule has 0 aliphatic heterocycles. The van der Waals surface area contributed by atoms with Gasteiger partial charge in [-0.05, 0) is 23.8 Å². The highest BCUT2D eigenvalue weighted by atomic mass is 32.1. The van der Waals surface area contributed by atoms with Crippen molar-refractivity contribution in [2.45, 2.75) is 0 Å². The highest BCUT2D eigenvalue weighted by Crippen LogP contribution is 2.30. The Balaban J connectivity index is 1.92. The molecule has 3 aromatic rings. The summed E-state index contributed by atoms with van der Waals surface area (Å²) in [6.45, 7) is 0. The molecule has 0 atom stereocenters. The van der Waals surface area contributed by atoms with Gasteiger partial charge in [0, 0.05) is 32.3 Å². The predicted molar refractivity (Wildman–Crippen MR) is 103 cm³/mol. The lowest BCUT2D eigenvalue weighted by Crippen LogP contribution is -2.10. The number of anilines is 1. The van der Waals surface area contributed by atoms with Crippen LogP contribution in [0.15, 0.2) is 36.4 Å². The Bertz CT molecular complexity index is 1040. The summed E-state index contributed by atoms with van der Waals surface area (Å²) in [5.41, 5.74) is 1.77. The maximum absolute atomic E-state index is 11.2. The molecule has 0 spiro atoms. The van der Waals surface area contributed by atoms with Crippen molar-refractivity contribution in [1.82, 2.24) is 4.98 Å². The van der Waals surface area contributed by atoms with Crippen molar-refractivity contribution < 1.29 is 9.85 Å². The zero-order valence-electron chi connectivity index (χ0n) is 13.9. The molecule has 0 amide bonds. The maximum atomic E-state index is 11.2. The Morgan fingerprint density at radius 2 is 1.81 bits per heavy atom. The SMILES string of the molecule is CN(C)c1ccc(/C=C/c2nc3cc([N+](=O)[O-])ccc3s2)cc1[N+](=O)[O-]. The molecule has 3 rings (SSSR count). The number of fused-ring (bicyclic) bond motifs is 1. The van der Waals surface area contributed by atoms with E-state index in [4.69, 9.17) is 0 Å². The van der Waals surface area contributed by atoms with Crippen molar-refractivity contribution in [3.8, 4) is 0 Å². The Labute approximate surface area is 152 Å². The van der Waals surface area contributed by atoms with Crippen LogP contribution in [0.4, 0.5) is 17.1 Å². The van der Waals surface area contributed by atoms with Crippen LogP contribution in [0, 0.1) is 20.2 Å². The molecule has 0 radical (unpaired) electrons. The molecule has 26 heavy (non-hydrogen) atoms. The highest BCUT2D eigenvalue weighted by Gasteiger charge is 2.15. The molecule has 9 heteroatoms. The number of hydrogen-bond acceptors (Lipinski definition) is 7. The molecule has 0 saturated heterocycles. The molecule has 0 fully saturated rings. The lowest BCUT2D eigenvalue weighted by molar-refractivity contribution is -0.384. The molecule has 0 unspecified atom stereocenters. The van der Waals surface area contributed by atoms with Crippen molar-refractivity contribution in [2.75, 3.05) is 19.0 Å². The van der Waals surface area contributed by atoms with Gasteiger partial charge in [0.05, 0.1) is 20.1 Å². The van der Waals surface area contributed by atoms with Gasteiger partial charge in [-0.2, -0.15) is 0 Å².